The Bertz CT molecular complexity index is 763. The number of aromatic nitrogens is 2. The highest BCUT2D eigenvalue weighted by molar-refractivity contribution is 7.98. The van der Waals surface area contributed by atoms with E-state index in [9.17, 15) is 4.79 Å². The number of fused-ring (bicyclic) bond motifs is 2. The Kier molecular flexibility index (Phi) is 4.76. The molecule has 2 saturated heterocycles. The van der Waals surface area contributed by atoms with Gasteiger partial charge in [-0.3, -0.25) is 4.79 Å². The second kappa shape index (κ2) is 7.17. The van der Waals surface area contributed by atoms with Crippen LogP contribution in [0.1, 0.15) is 41.1 Å². The van der Waals surface area contributed by atoms with E-state index in [0.717, 1.165) is 42.4 Å². The molecule has 2 aromatic rings. The zero-order valence-corrected chi connectivity index (χ0v) is 15.1. The molecule has 2 fully saturated rings. The summed E-state index contributed by atoms with van der Waals surface area (Å²) in [6.45, 7) is 3.48. The predicted molar refractivity (Wildman–Crippen MR) is 95.5 cm³/mol. The molecule has 0 spiro atoms. The standard InChI is InChI=1S/C18H22N4O2S/c1-12-9-15(21-24-12)11-25-17-16(3-2-7-19-17)18(23)22-8-6-13-4-5-14(10-22)20-13/h2-3,7,9,13-14,20H,4-6,8,10-11H2,1H3. The minimum absolute atomic E-state index is 0.0845. The maximum atomic E-state index is 13.1. The van der Waals surface area contributed by atoms with Gasteiger partial charge in [0.15, 0.2) is 0 Å². The molecule has 2 atom stereocenters. The topological polar surface area (TPSA) is 71.3 Å². The highest BCUT2D eigenvalue weighted by Gasteiger charge is 2.32. The second-order valence-corrected chi connectivity index (χ2v) is 7.72. The third-order valence-electron chi connectivity index (χ3n) is 4.85. The molecule has 6 nitrogen and oxygen atoms in total. The molecule has 2 aromatic heterocycles. The number of pyridine rings is 1. The van der Waals surface area contributed by atoms with Gasteiger partial charge in [0.05, 0.1) is 11.3 Å². The van der Waals surface area contributed by atoms with Crippen molar-refractivity contribution in [2.75, 3.05) is 13.1 Å². The molecule has 132 valence electrons. The van der Waals surface area contributed by atoms with Crippen molar-refractivity contribution in [2.24, 2.45) is 0 Å². The summed E-state index contributed by atoms with van der Waals surface area (Å²) in [5, 5.41) is 8.39. The van der Waals surface area contributed by atoms with Crippen LogP contribution in [0, 0.1) is 6.92 Å². The number of carbonyl (C=O) groups excluding carboxylic acids is 1. The molecular formula is C18H22N4O2S. The number of likely N-dealkylation sites (tertiary alicyclic amines) is 1. The van der Waals surface area contributed by atoms with E-state index in [1.165, 1.54) is 18.2 Å². The zero-order chi connectivity index (χ0) is 17.2. The molecule has 2 unspecified atom stereocenters. The van der Waals surface area contributed by atoms with Crippen molar-refractivity contribution in [3.05, 3.63) is 41.4 Å². The highest BCUT2D eigenvalue weighted by atomic mass is 32.2. The van der Waals surface area contributed by atoms with E-state index in [0.29, 0.717) is 23.4 Å². The molecular weight excluding hydrogens is 336 g/mol. The van der Waals surface area contributed by atoms with E-state index in [4.69, 9.17) is 4.52 Å². The zero-order valence-electron chi connectivity index (χ0n) is 14.3. The molecule has 4 heterocycles. The van der Waals surface area contributed by atoms with Crippen LogP contribution in [0.2, 0.25) is 0 Å². The lowest BCUT2D eigenvalue weighted by molar-refractivity contribution is 0.0744. The normalized spacial score (nSPS) is 22.8. The molecule has 2 bridgehead atoms. The third kappa shape index (κ3) is 3.72. The summed E-state index contributed by atoms with van der Waals surface area (Å²) in [5.74, 6) is 1.52. The maximum absolute atomic E-state index is 13.1. The van der Waals surface area contributed by atoms with Crippen molar-refractivity contribution >= 4 is 17.7 Å². The number of nitrogens with zero attached hydrogens (tertiary/aromatic N) is 3. The Morgan fingerprint density at radius 3 is 3.12 bits per heavy atom. The molecule has 4 rings (SSSR count). The average molecular weight is 358 g/mol. The number of nitrogens with one attached hydrogen (secondary N) is 1. The van der Waals surface area contributed by atoms with Gasteiger partial charge in [-0.2, -0.15) is 0 Å². The van der Waals surface area contributed by atoms with Crippen molar-refractivity contribution < 1.29 is 9.32 Å². The van der Waals surface area contributed by atoms with Gasteiger partial charge in [0.25, 0.3) is 5.91 Å². The number of thioether (sulfide) groups is 1. The minimum Gasteiger partial charge on any atom is -0.361 e. The summed E-state index contributed by atoms with van der Waals surface area (Å²) < 4.78 is 5.10. The van der Waals surface area contributed by atoms with Gasteiger partial charge in [-0.25, -0.2) is 4.98 Å². The van der Waals surface area contributed by atoms with E-state index < -0.39 is 0 Å². The molecule has 0 radical (unpaired) electrons. The van der Waals surface area contributed by atoms with E-state index in [1.807, 2.05) is 30.0 Å². The summed E-state index contributed by atoms with van der Waals surface area (Å²) >= 11 is 1.53. The molecule has 0 aliphatic carbocycles. The van der Waals surface area contributed by atoms with Crippen molar-refractivity contribution in [1.29, 1.82) is 0 Å². The first-order valence-corrected chi connectivity index (χ1v) is 9.73. The van der Waals surface area contributed by atoms with Gasteiger partial charge in [-0.15, -0.1) is 0 Å². The van der Waals surface area contributed by atoms with Crippen LogP contribution in [0.5, 0.6) is 0 Å². The van der Waals surface area contributed by atoms with Gasteiger partial charge >= 0.3 is 0 Å². The molecule has 1 N–H and O–H groups in total. The molecule has 0 aromatic carbocycles. The lowest BCUT2D eigenvalue weighted by atomic mass is 10.1. The van der Waals surface area contributed by atoms with Crippen LogP contribution in [0.4, 0.5) is 0 Å². The SMILES string of the molecule is Cc1cc(CSc2ncccc2C(=O)N2CCC3CCC(C2)N3)no1. The first kappa shape index (κ1) is 16.6. The summed E-state index contributed by atoms with van der Waals surface area (Å²) in [6.07, 6.45) is 5.16. The molecule has 7 heteroatoms. The predicted octanol–water partition coefficient (Wildman–Crippen LogP) is 2.64. The number of hydrogen-bond donors (Lipinski definition) is 1. The van der Waals surface area contributed by atoms with Crippen LogP contribution < -0.4 is 5.32 Å². The van der Waals surface area contributed by atoms with Gasteiger partial charge in [0, 0.05) is 43.2 Å². The Morgan fingerprint density at radius 2 is 2.28 bits per heavy atom. The highest BCUT2D eigenvalue weighted by Crippen LogP contribution is 2.27. The van der Waals surface area contributed by atoms with E-state index in [2.05, 4.69) is 15.5 Å². The fourth-order valence-corrected chi connectivity index (χ4v) is 4.46. The largest absolute Gasteiger partial charge is 0.361 e. The number of hydrogen-bond acceptors (Lipinski definition) is 6. The van der Waals surface area contributed by atoms with Crippen molar-refractivity contribution in [2.45, 2.75) is 49.0 Å². The van der Waals surface area contributed by atoms with Crippen LogP contribution >= 0.6 is 11.8 Å². The quantitative estimate of drug-likeness (QED) is 0.847. The molecule has 2 aliphatic heterocycles. The average Bonchev–Trinajstić information content (AvgIpc) is 3.17. The first-order valence-electron chi connectivity index (χ1n) is 8.74. The first-order chi connectivity index (χ1) is 12.2. The fraction of sp³-hybridized carbons (Fsp3) is 0.500. The van der Waals surface area contributed by atoms with Crippen molar-refractivity contribution in [3.63, 3.8) is 0 Å². The Balaban J connectivity index is 1.48. The van der Waals surface area contributed by atoms with Crippen molar-refractivity contribution in [3.8, 4) is 0 Å². The van der Waals surface area contributed by atoms with Gasteiger partial charge in [0.1, 0.15) is 10.8 Å². The minimum atomic E-state index is 0.0845. The van der Waals surface area contributed by atoms with Crippen LogP contribution in [-0.4, -0.2) is 46.1 Å². The smallest absolute Gasteiger partial charge is 0.256 e. The van der Waals surface area contributed by atoms with Gasteiger partial charge in [0.2, 0.25) is 0 Å². The number of rotatable bonds is 4. The van der Waals surface area contributed by atoms with Crippen molar-refractivity contribution in [1.82, 2.24) is 20.4 Å². The van der Waals surface area contributed by atoms with E-state index >= 15 is 0 Å². The van der Waals surface area contributed by atoms with E-state index in [-0.39, 0.29) is 5.91 Å². The van der Waals surface area contributed by atoms with Crippen LogP contribution in [0.25, 0.3) is 0 Å². The Hall–Kier alpha value is -1.86. The second-order valence-electron chi connectivity index (χ2n) is 6.75. The summed E-state index contributed by atoms with van der Waals surface area (Å²) in [4.78, 5) is 19.5. The van der Waals surface area contributed by atoms with Gasteiger partial charge in [-0.1, -0.05) is 16.9 Å². The fourth-order valence-electron chi connectivity index (χ4n) is 3.59. The third-order valence-corrected chi connectivity index (χ3v) is 5.88. The lowest BCUT2D eigenvalue weighted by Crippen LogP contribution is -2.39. The Labute approximate surface area is 151 Å². The number of aryl methyl sites for hydroxylation is 1. The van der Waals surface area contributed by atoms with Crippen LogP contribution in [-0.2, 0) is 5.75 Å². The number of carbonyl (C=O) groups is 1. The van der Waals surface area contributed by atoms with Gasteiger partial charge in [-0.05, 0) is 38.3 Å². The summed E-state index contributed by atoms with van der Waals surface area (Å²) in [6, 6.07) is 6.62. The Morgan fingerprint density at radius 1 is 1.40 bits per heavy atom. The summed E-state index contributed by atoms with van der Waals surface area (Å²) in [5.41, 5.74) is 1.55. The lowest BCUT2D eigenvalue weighted by Gasteiger charge is -2.25. The van der Waals surface area contributed by atoms with Crippen LogP contribution in [0.15, 0.2) is 33.9 Å². The number of amides is 1. The maximum Gasteiger partial charge on any atom is 0.256 e. The van der Waals surface area contributed by atoms with Crippen LogP contribution in [0.3, 0.4) is 0 Å². The molecule has 0 saturated carbocycles. The van der Waals surface area contributed by atoms with E-state index in [1.54, 1.807) is 6.20 Å². The molecule has 25 heavy (non-hydrogen) atoms. The summed E-state index contributed by atoms with van der Waals surface area (Å²) in [7, 11) is 0. The molecule has 2 aliphatic rings. The molecule has 1 amide bonds. The monoisotopic (exact) mass is 358 g/mol. The van der Waals surface area contributed by atoms with Gasteiger partial charge < -0.3 is 14.7 Å².